The van der Waals surface area contributed by atoms with Crippen molar-refractivity contribution in [3.8, 4) is 0 Å². The first-order chi connectivity index (χ1) is 12.7. The molecule has 0 aliphatic carbocycles. The minimum Gasteiger partial charge on any atom is -0.385 e. The molecule has 0 aliphatic heterocycles. The number of anilines is 2. The molecule has 0 saturated heterocycles. The third-order valence-corrected chi connectivity index (χ3v) is 4.34. The van der Waals surface area contributed by atoms with E-state index in [-0.39, 0.29) is 18.1 Å². The van der Waals surface area contributed by atoms with Crippen LogP contribution in [0.4, 0.5) is 11.4 Å². The van der Waals surface area contributed by atoms with E-state index in [0.717, 1.165) is 11.9 Å². The van der Waals surface area contributed by atoms with Crippen LogP contribution in [0.15, 0.2) is 48.5 Å². The van der Waals surface area contributed by atoms with Gasteiger partial charge in [-0.1, -0.05) is 0 Å². The van der Waals surface area contributed by atoms with Gasteiger partial charge in [-0.25, -0.2) is 8.42 Å². The summed E-state index contributed by atoms with van der Waals surface area (Å²) in [6.07, 6.45) is 1.36. The Labute approximate surface area is 159 Å². The van der Waals surface area contributed by atoms with Crippen LogP contribution in [-0.4, -0.2) is 51.9 Å². The van der Waals surface area contributed by atoms with E-state index in [0.29, 0.717) is 23.4 Å². The topological polar surface area (TPSA) is 95.6 Å². The van der Waals surface area contributed by atoms with Crippen LogP contribution in [-0.2, 0) is 10.0 Å². The molecule has 0 saturated carbocycles. The molecule has 0 heterocycles. The number of sulfonamides is 1. The monoisotopic (exact) mass is 389 g/mol. The Hall–Kier alpha value is -2.87. The number of nitrogens with one attached hydrogen (secondary N) is 2. The third-order valence-electron chi connectivity index (χ3n) is 3.73. The average Bonchev–Trinajstić information content (AvgIpc) is 2.60. The van der Waals surface area contributed by atoms with Crippen molar-refractivity contribution < 1.29 is 18.0 Å². The van der Waals surface area contributed by atoms with E-state index in [1.54, 1.807) is 62.6 Å². The highest BCUT2D eigenvalue weighted by Crippen LogP contribution is 2.14. The van der Waals surface area contributed by atoms with E-state index in [4.69, 9.17) is 0 Å². The molecule has 0 bridgehead atoms. The Balaban J connectivity index is 1.86. The summed E-state index contributed by atoms with van der Waals surface area (Å²) in [6, 6.07) is 13.4. The Kier molecular flexibility index (Phi) is 6.57. The normalized spacial score (nSPS) is 10.9. The molecule has 27 heavy (non-hydrogen) atoms. The number of rotatable bonds is 8. The highest BCUT2D eigenvalue weighted by Gasteiger charge is 2.09. The smallest absolute Gasteiger partial charge is 0.253 e. The zero-order chi connectivity index (χ0) is 20.0. The Morgan fingerprint density at radius 1 is 0.889 bits per heavy atom. The fourth-order valence-corrected chi connectivity index (χ4v) is 2.96. The third kappa shape index (κ3) is 6.41. The van der Waals surface area contributed by atoms with Gasteiger partial charge < -0.3 is 10.2 Å². The molecule has 0 aliphatic rings. The maximum Gasteiger partial charge on any atom is 0.253 e. The number of carbonyl (C=O) groups is 2. The van der Waals surface area contributed by atoms with Gasteiger partial charge in [0.05, 0.1) is 6.26 Å². The number of Topliss-reactive ketones (excluding diaryl/α,β-unsaturated/α-hetero) is 1. The van der Waals surface area contributed by atoms with Gasteiger partial charge in [-0.3, -0.25) is 14.3 Å². The lowest BCUT2D eigenvalue weighted by molar-refractivity contribution is 0.0827. The van der Waals surface area contributed by atoms with Gasteiger partial charge in [0, 0.05) is 49.6 Å². The van der Waals surface area contributed by atoms with Crippen molar-refractivity contribution in [1.82, 2.24) is 4.90 Å². The van der Waals surface area contributed by atoms with Crippen LogP contribution in [0.2, 0.25) is 0 Å². The van der Waals surface area contributed by atoms with Crippen molar-refractivity contribution >= 4 is 33.1 Å². The number of benzene rings is 2. The number of hydrogen-bond donors (Lipinski definition) is 2. The molecule has 2 aromatic carbocycles. The van der Waals surface area contributed by atoms with Crippen molar-refractivity contribution in [1.29, 1.82) is 0 Å². The summed E-state index contributed by atoms with van der Waals surface area (Å²) in [5.74, 6) is -0.113. The van der Waals surface area contributed by atoms with E-state index >= 15 is 0 Å². The second kappa shape index (κ2) is 8.68. The molecule has 2 rings (SSSR count). The molecular weight excluding hydrogens is 366 g/mol. The number of nitrogens with zero attached hydrogens (tertiary/aromatic N) is 1. The standard InChI is InChI=1S/C19H23N3O4S/c1-22(2)19(24)15-6-8-16(9-7-15)20-13-12-18(23)14-4-10-17(11-5-14)21-27(3,25)26/h4-11,20-21H,12-13H2,1-3H3. The quantitative estimate of drug-likeness (QED) is 0.676. The van der Waals surface area contributed by atoms with Gasteiger partial charge in [0.15, 0.2) is 5.78 Å². The van der Waals surface area contributed by atoms with Crippen molar-refractivity contribution in [2.75, 3.05) is 36.9 Å². The van der Waals surface area contributed by atoms with Gasteiger partial charge >= 0.3 is 0 Å². The second-order valence-electron chi connectivity index (χ2n) is 6.33. The van der Waals surface area contributed by atoms with Crippen LogP contribution in [0, 0.1) is 0 Å². The van der Waals surface area contributed by atoms with E-state index in [1.165, 1.54) is 4.90 Å². The maximum absolute atomic E-state index is 12.2. The van der Waals surface area contributed by atoms with E-state index < -0.39 is 10.0 Å². The summed E-state index contributed by atoms with van der Waals surface area (Å²) in [4.78, 5) is 25.6. The molecule has 0 fully saturated rings. The Morgan fingerprint density at radius 2 is 1.41 bits per heavy atom. The Morgan fingerprint density at radius 3 is 1.93 bits per heavy atom. The highest BCUT2D eigenvalue weighted by molar-refractivity contribution is 7.92. The van der Waals surface area contributed by atoms with Crippen LogP contribution in [0.1, 0.15) is 27.1 Å². The van der Waals surface area contributed by atoms with Crippen LogP contribution in [0.25, 0.3) is 0 Å². The van der Waals surface area contributed by atoms with Crippen molar-refractivity contribution in [3.05, 3.63) is 59.7 Å². The molecule has 0 radical (unpaired) electrons. The van der Waals surface area contributed by atoms with E-state index in [2.05, 4.69) is 10.0 Å². The second-order valence-corrected chi connectivity index (χ2v) is 8.08. The van der Waals surface area contributed by atoms with Gasteiger partial charge in [0.2, 0.25) is 10.0 Å². The zero-order valence-corrected chi connectivity index (χ0v) is 16.3. The molecule has 7 nitrogen and oxygen atoms in total. The minimum absolute atomic E-state index is 0.0483. The first-order valence-electron chi connectivity index (χ1n) is 8.32. The number of carbonyl (C=O) groups excluding carboxylic acids is 2. The molecule has 2 aromatic rings. The van der Waals surface area contributed by atoms with Gasteiger partial charge in [-0.15, -0.1) is 0 Å². The lowest BCUT2D eigenvalue weighted by atomic mass is 10.1. The van der Waals surface area contributed by atoms with Gasteiger partial charge in [-0.05, 0) is 48.5 Å². The summed E-state index contributed by atoms with van der Waals surface area (Å²) in [5.41, 5.74) is 2.36. The van der Waals surface area contributed by atoms with Crippen LogP contribution in [0.5, 0.6) is 0 Å². The largest absolute Gasteiger partial charge is 0.385 e. The molecule has 144 valence electrons. The van der Waals surface area contributed by atoms with Crippen molar-refractivity contribution in [2.45, 2.75) is 6.42 Å². The highest BCUT2D eigenvalue weighted by atomic mass is 32.2. The van der Waals surface area contributed by atoms with Crippen LogP contribution < -0.4 is 10.0 Å². The maximum atomic E-state index is 12.2. The first-order valence-corrected chi connectivity index (χ1v) is 10.2. The van der Waals surface area contributed by atoms with Gasteiger partial charge in [0.1, 0.15) is 0 Å². The van der Waals surface area contributed by atoms with E-state index in [1.807, 2.05) is 0 Å². The number of hydrogen-bond acceptors (Lipinski definition) is 5. The lowest BCUT2D eigenvalue weighted by Crippen LogP contribution is -2.21. The lowest BCUT2D eigenvalue weighted by Gasteiger charge is -2.11. The molecule has 2 N–H and O–H groups in total. The fraction of sp³-hybridized carbons (Fsp3) is 0.263. The molecule has 0 spiro atoms. The average molecular weight is 389 g/mol. The predicted molar refractivity (Wildman–Crippen MR) is 107 cm³/mol. The van der Waals surface area contributed by atoms with Gasteiger partial charge in [0.25, 0.3) is 5.91 Å². The molecule has 8 heteroatoms. The van der Waals surface area contributed by atoms with Crippen LogP contribution in [0.3, 0.4) is 0 Å². The molecule has 0 aromatic heterocycles. The molecule has 0 atom stereocenters. The summed E-state index contributed by atoms with van der Waals surface area (Å²) in [7, 11) is 0.0594. The fourth-order valence-electron chi connectivity index (χ4n) is 2.39. The summed E-state index contributed by atoms with van der Waals surface area (Å²) < 4.78 is 24.7. The van der Waals surface area contributed by atoms with E-state index in [9.17, 15) is 18.0 Å². The van der Waals surface area contributed by atoms with Crippen molar-refractivity contribution in [3.63, 3.8) is 0 Å². The summed E-state index contributed by atoms with van der Waals surface area (Å²) >= 11 is 0. The van der Waals surface area contributed by atoms with Crippen LogP contribution >= 0.6 is 0 Å². The zero-order valence-electron chi connectivity index (χ0n) is 15.5. The first kappa shape index (κ1) is 20.4. The summed E-state index contributed by atoms with van der Waals surface area (Å²) in [6.45, 7) is 0.448. The van der Waals surface area contributed by atoms with Gasteiger partial charge in [-0.2, -0.15) is 0 Å². The number of amides is 1. The SMILES string of the molecule is CN(C)C(=O)c1ccc(NCCC(=O)c2ccc(NS(C)(=O)=O)cc2)cc1. The predicted octanol–water partition coefficient (Wildman–Crippen LogP) is 2.44. The minimum atomic E-state index is -3.34. The molecule has 0 unspecified atom stereocenters. The molecule has 1 amide bonds. The summed E-state index contributed by atoms with van der Waals surface area (Å²) in [5, 5.41) is 3.15. The number of ketones is 1. The Bertz CT molecular complexity index is 905. The molecular formula is C19H23N3O4S. The van der Waals surface area contributed by atoms with Crippen molar-refractivity contribution in [2.24, 2.45) is 0 Å².